The predicted molar refractivity (Wildman–Crippen MR) is 117 cm³/mol. The van der Waals surface area contributed by atoms with Gasteiger partial charge in [-0.3, -0.25) is 4.68 Å². The van der Waals surface area contributed by atoms with E-state index in [4.69, 9.17) is 4.74 Å². The lowest BCUT2D eigenvalue weighted by Gasteiger charge is -2.27. The second-order valence-electron chi connectivity index (χ2n) is 9.64. The minimum Gasteiger partial charge on any atom is -0.381 e. The molecular formula is C23H34N6O. The Bertz CT molecular complexity index is 810. The van der Waals surface area contributed by atoms with Crippen LogP contribution in [0.15, 0.2) is 18.3 Å². The monoisotopic (exact) mass is 410 g/mol. The van der Waals surface area contributed by atoms with Gasteiger partial charge in [0.1, 0.15) is 11.5 Å². The summed E-state index contributed by atoms with van der Waals surface area (Å²) in [5.41, 5.74) is 3.02. The molecule has 5 rings (SSSR count). The van der Waals surface area contributed by atoms with E-state index in [1.54, 1.807) is 0 Å². The van der Waals surface area contributed by atoms with Crippen molar-refractivity contribution in [2.24, 2.45) is 30.7 Å². The van der Waals surface area contributed by atoms with Gasteiger partial charge in [0.25, 0.3) is 0 Å². The van der Waals surface area contributed by atoms with E-state index < -0.39 is 0 Å². The Morgan fingerprint density at radius 2 is 1.97 bits per heavy atom. The minimum atomic E-state index is 0.751. The van der Waals surface area contributed by atoms with Crippen molar-refractivity contribution in [3.63, 3.8) is 0 Å². The molecule has 0 spiro atoms. The Morgan fingerprint density at radius 3 is 2.60 bits per heavy atom. The average Bonchev–Trinajstić information content (AvgIpc) is 3.41. The Kier molecular flexibility index (Phi) is 5.74. The van der Waals surface area contributed by atoms with Gasteiger partial charge in [0.15, 0.2) is 0 Å². The first-order valence-corrected chi connectivity index (χ1v) is 11.5. The molecular weight excluding hydrogens is 376 g/mol. The zero-order chi connectivity index (χ0) is 20.5. The minimum absolute atomic E-state index is 0.751. The van der Waals surface area contributed by atoms with E-state index in [1.165, 1.54) is 45.3 Å². The Balaban J connectivity index is 1.09. The first-order chi connectivity index (χ1) is 14.7. The number of aromatic nitrogens is 4. The molecule has 30 heavy (non-hydrogen) atoms. The van der Waals surface area contributed by atoms with Crippen LogP contribution in [0.3, 0.4) is 0 Å². The smallest absolute Gasteiger partial charge is 0.148 e. The maximum Gasteiger partial charge on any atom is 0.148 e. The van der Waals surface area contributed by atoms with Crippen molar-refractivity contribution in [3.05, 3.63) is 23.9 Å². The van der Waals surface area contributed by atoms with Gasteiger partial charge < -0.3 is 15.0 Å². The van der Waals surface area contributed by atoms with Crippen LogP contribution in [0.2, 0.25) is 0 Å². The molecule has 2 saturated heterocycles. The SMILES string of the molecule is Cc1cnn(C)c1-c1ccc(NCC2C[C@@H]3CN(CC4CCCOC4)C[C@@H]3C2)nn1. The molecule has 2 aromatic rings. The molecule has 2 unspecified atom stereocenters. The Hall–Kier alpha value is -1.99. The van der Waals surface area contributed by atoms with Crippen molar-refractivity contribution in [2.45, 2.75) is 32.6 Å². The number of ether oxygens (including phenoxy) is 1. The highest BCUT2D eigenvalue weighted by molar-refractivity contribution is 5.59. The van der Waals surface area contributed by atoms with Gasteiger partial charge in [-0.15, -0.1) is 10.2 Å². The third-order valence-corrected chi connectivity index (χ3v) is 7.30. The first-order valence-electron chi connectivity index (χ1n) is 11.5. The van der Waals surface area contributed by atoms with Gasteiger partial charge in [-0.2, -0.15) is 5.10 Å². The topological polar surface area (TPSA) is 68.1 Å². The van der Waals surface area contributed by atoms with E-state index in [0.717, 1.165) is 66.2 Å². The van der Waals surface area contributed by atoms with E-state index in [-0.39, 0.29) is 0 Å². The molecule has 7 heteroatoms. The fraction of sp³-hybridized carbons (Fsp3) is 0.696. The van der Waals surface area contributed by atoms with Gasteiger partial charge in [-0.25, -0.2) is 0 Å². The average molecular weight is 411 g/mol. The van der Waals surface area contributed by atoms with E-state index in [0.29, 0.717) is 0 Å². The molecule has 0 bridgehead atoms. The summed E-state index contributed by atoms with van der Waals surface area (Å²) in [5.74, 6) is 4.13. The molecule has 162 valence electrons. The molecule has 3 aliphatic rings. The Labute approximate surface area is 179 Å². The Morgan fingerprint density at radius 1 is 1.13 bits per heavy atom. The molecule has 0 amide bonds. The summed E-state index contributed by atoms with van der Waals surface area (Å²) in [6.45, 7) is 8.81. The summed E-state index contributed by atoms with van der Waals surface area (Å²) in [4.78, 5) is 2.71. The van der Waals surface area contributed by atoms with Gasteiger partial charge in [0.05, 0.1) is 18.5 Å². The normalized spacial score (nSPS) is 29.3. The summed E-state index contributed by atoms with van der Waals surface area (Å²) in [5, 5.41) is 16.6. The lowest BCUT2D eigenvalue weighted by Crippen LogP contribution is -2.33. The van der Waals surface area contributed by atoms with Gasteiger partial charge in [0.2, 0.25) is 0 Å². The summed E-state index contributed by atoms with van der Waals surface area (Å²) in [7, 11) is 1.94. The highest BCUT2D eigenvalue weighted by atomic mass is 16.5. The molecule has 4 atom stereocenters. The van der Waals surface area contributed by atoms with E-state index in [2.05, 4.69) is 32.4 Å². The van der Waals surface area contributed by atoms with Crippen molar-refractivity contribution in [3.8, 4) is 11.4 Å². The number of hydrogen-bond acceptors (Lipinski definition) is 6. The lowest BCUT2D eigenvalue weighted by atomic mass is 10.0. The molecule has 1 N–H and O–H groups in total. The third-order valence-electron chi connectivity index (χ3n) is 7.30. The zero-order valence-electron chi connectivity index (χ0n) is 18.3. The van der Waals surface area contributed by atoms with Crippen molar-refractivity contribution in [1.29, 1.82) is 0 Å². The van der Waals surface area contributed by atoms with E-state index >= 15 is 0 Å². The van der Waals surface area contributed by atoms with Crippen LogP contribution in [-0.2, 0) is 11.8 Å². The van der Waals surface area contributed by atoms with Crippen LogP contribution in [0.5, 0.6) is 0 Å². The number of nitrogens with one attached hydrogen (secondary N) is 1. The van der Waals surface area contributed by atoms with Gasteiger partial charge in [0, 0.05) is 39.8 Å². The standard InChI is InChI=1S/C23H34N6O/c1-16-10-25-28(2)23(16)21-5-6-22(27-26-21)24-11-18-8-19-13-29(14-20(19)9-18)12-17-4-3-7-30-15-17/h5-6,10,17-20H,3-4,7-9,11-15H2,1-2H3,(H,24,27)/t17?,18?,19-,20+. The molecule has 1 saturated carbocycles. The molecule has 2 aliphatic heterocycles. The van der Waals surface area contributed by atoms with Crippen LogP contribution in [0.4, 0.5) is 5.82 Å². The number of anilines is 1. The van der Waals surface area contributed by atoms with Crippen LogP contribution < -0.4 is 5.32 Å². The quantitative estimate of drug-likeness (QED) is 0.790. The number of rotatable bonds is 6. The second-order valence-corrected chi connectivity index (χ2v) is 9.64. The zero-order valence-corrected chi connectivity index (χ0v) is 18.3. The van der Waals surface area contributed by atoms with Crippen molar-refractivity contribution < 1.29 is 4.74 Å². The molecule has 0 aromatic carbocycles. The van der Waals surface area contributed by atoms with Gasteiger partial charge >= 0.3 is 0 Å². The molecule has 2 aromatic heterocycles. The van der Waals surface area contributed by atoms with Crippen molar-refractivity contribution >= 4 is 5.82 Å². The molecule has 3 fully saturated rings. The summed E-state index contributed by atoms with van der Waals surface area (Å²) < 4.78 is 7.52. The highest BCUT2D eigenvalue weighted by Crippen LogP contribution is 2.41. The van der Waals surface area contributed by atoms with Crippen molar-refractivity contribution in [1.82, 2.24) is 24.9 Å². The summed E-state index contributed by atoms with van der Waals surface area (Å²) in [6, 6.07) is 4.08. The molecule has 7 nitrogen and oxygen atoms in total. The lowest BCUT2D eigenvalue weighted by molar-refractivity contribution is 0.0406. The largest absolute Gasteiger partial charge is 0.381 e. The fourth-order valence-electron chi connectivity index (χ4n) is 5.87. The maximum absolute atomic E-state index is 5.67. The van der Waals surface area contributed by atoms with Crippen LogP contribution in [0.25, 0.3) is 11.4 Å². The first kappa shape index (κ1) is 19.9. The maximum atomic E-state index is 5.67. The number of hydrogen-bond donors (Lipinski definition) is 1. The van der Waals surface area contributed by atoms with Crippen LogP contribution in [0, 0.1) is 30.6 Å². The molecule has 4 heterocycles. The van der Waals surface area contributed by atoms with E-state index in [9.17, 15) is 0 Å². The number of nitrogens with zero attached hydrogens (tertiary/aromatic N) is 5. The third kappa shape index (κ3) is 4.23. The fourth-order valence-corrected chi connectivity index (χ4v) is 5.87. The van der Waals surface area contributed by atoms with Crippen LogP contribution >= 0.6 is 0 Å². The van der Waals surface area contributed by atoms with Crippen LogP contribution in [-0.4, -0.2) is 64.3 Å². The molecule has 1 aliphatic carbocycles. The second kappa shape index (κ2) is 8.63. The van der Waals surface area contributed by atoms with Gasteiger partial charge in [-0.05, 0) is 74.0 Å². The molecule has 0 radical (unpaired) electrons. The summed E-state index contributed by atoms with van der Waals surface area (Å²) >= 11 is 0. The van der Waals surface area contributed by atoms with Gasteiger partial charge in [-0.1, -0.05) is 0 Å². The summed E-state index contributed by atoms with van der Waals surface area (Å²) in [6.07, 6.45) is 7.14. The number of likely N-dealkylation sites (tertiary alicyclic amines) is 1. The highest BCUT2D eigenvalue weighted by Gasteiger charge is 2.41. The van der Waals surface area contributed by atoms with Crippen molar-refractivity contribution in [2.75, 3.05) is 44.7 Å². The number of aryl methyl sites for hydroxylation is 2. The number of fused-ring (bicyclic) bond motifs is 1. The van der Waals surface area contributed by atoms with Crippen LogP contribution in [0.1, 0.15) is 31.2 Å². The predicted octanol–water partition coefficient (Wildman–Crippen LogP) is 2.98. The van der Waals surface area contributed by atoms with E-state index in [1.807, 2.05) is 30.1 Å².